The van der Waals surface area contributed by atoms with Crippen molar-refractivity contribution in [3.63, 3.8) is 0 Å². The summed E-state index contributed by atoms with van der Waals surface area (Å²) in [6.45, 7) is 6.11. The average Bonchev–Trinajstić information content (AvgIpc) is 3.08. The highest BCUT2D eigenvalue weighted by molar-refractivity contribution is 7.15. The summed E-state index contributed by atoms with van der Waals surface area (Å²) in [5.41, 5.74) is 0. The molecule has 0 fully saturated rings. The fourth-order valence-electron chi connectivity index (χ4n) is 1.94. The molecular formula is C15H19N3O2S. The van der Waals surface area contributed by atoms with Crippen molar-refractivity contribution in [3.05, 3.63) is 34.7 Å². The Morgan fingerprint density at radius 1 is 1.38 bits per heavy atom. The van der Waals surface area contributed by atoms with E-state index in [1.165, 1.54) is 17.4 Å². The van der Waals surface area contributed by atoms with E-state index in [1.54, 1.807) is 6.08 Å². The van der Waals surface area contributed by atoms with Crippen molar-refractivity contribution >= 4 is 28.5 Å². The van der Waals surface area contributed by atoms with Gasteiger partial charge < -0.3 is 4.42 Å². The highest BCUT2D eigenvalue weighted by Gasteiger charge is 2.13. The van der Waals surface area contributed by atoms with Crippen molar-refractivity contribution in [1.82, 2.24) is 10.2 Å². The molecule has 5 nitrogen and oxygen atoms in total. The number of nitrogens with one attached hydrogen (secondary N) is 1. The first-order chi connectivity index (χ1) is 10.1. The summed E-state index contributed by atoms with van der Waals surface area (Å²) in [5.74, 6) is 1.64. The van der Waals surface area contributed by atoms with Crippen molar-refractivity contribution < 1.29 is 9.21 Å². The van der Waals surface area contributed by atoms with Crippen molar-refractivity contribution in [2.75, 3.05) is 5.32 Å². The Morgan fingerprint density at radius 2 is 2.14 bits per heavy atom. The SMILES string of the molecule is CCC(CC)c1nnc(NC(=O)/C=C/c2ccc(C)o2)s1. The van der Waals surface area contributed by atoms with Crippen LogP contribution >= 0.6 is 11.3 Å². The van der Waals surface area contributed by atoms with Crippen LogP contribution in [0, 0.1) is 6.92 Å². The summed E-state index contributed by atoms with van der Waals surface area (Å²) in [7, 11) is 0. The quantitative estimate of drug-likeness (QED) is 0.819. The molecule has 0 spiro atoms. The van der Waals surface area contributed by atoms with Crippen LogP contribution in [-0.4, -0.2) is 16.1 Å². The number of nitrogens with zero attached hydrogens (tertiary/aromatic N) is 2. The molecule has 1 N–H and O–H groups in total. The molecule has 2 heterocycles. The number of aryl methyl sites for hydroxylation is 1. The first-order valence-corrected chi connectivity index (χ1v) is 7.83. The Balaban J connectivity index is 1.95. The lowest BCUT2D eigenvalue weighted by Gasteiger charge is -2.05. The van der Waals surface area contributed by atoms with E-state index in [4.69, 9.17) is 4.42 Å². The molecule has 1 amide bonds. The number of carbonyl (C=O) groups excluding carboxylic acids is 1. The van der Waals surface area contributed by atoms with Gasteiger partial charge in [0.2, 0.25) is 11.0 Å². The van der Waals surface area contributed by atoms with Gasteiger partial charge in [-0.05, 0) is 38.0 Å². The van der Waals surface area contributed by atoms with Gasteiger partial charge in [-0.1, -0.05) is 25.2 Å². The van der Waals surface area contributed by atoms with E-state index >= 15 is 0 Å². The van der Waals surface area contributed by atoms with Gasteiger partial charge in [-0.2, -0.15) is 0 Å². The van der Waals surface area contributed by atoms with Gasteiger partial charge in [0.25, 0.3) is 0 Å². The normalized spacial score (nSPS) is 11.4. The van der Waals surface area contributed by atoms with E-state index < -0.39 is 0 Å². The van der Waals surface area contributed by atoms with Crippen molar-refractivity contribution in [1.29, 1.82) is 0 Å². The summed E-state index contributed by atoms with van der Waals surface area (Å²) >= 11 is 1.43. The van der Waals surface area contributed by atoms with Gasteiger partial charge in [0.1, 0.15) is 16.5 Å². The third-order valence-electron chi connectivity index (χ3n) is 3.17. The molecule has 0 bridgehead atoms. The number of carbonyl (C=O) groups is 1. The maximum atomic E-state index is 11.8. The van der Waals surface area contributed by atoms with E-state index in [1.807, 2.05) is 19.1 Å². The first kappa shape index (κ1) is 15.4. The third kappa shape index (κ3) is 4.26. The number of amides is 1. The highest BCUT2D eigenvalue weighted by atomic mass is 32.1. The van der Waals surface area contributed by atoms with Gasteiger partial charge >= 0.3 is 0 Å². The van der Waals surface area contributed by atoms with E-state index in [2.05, 4.69) is 29.4 Å². The average molecular weight is 305 g/mol. The monoisotopic (exact) mass is 305 g/mol. The van der Waals surface area contributed by atoms with Crippen molar-refractivity contribution in [2.24, 2.45) is 0 Å². The zero-order chi connectivity index (χ0) is 15.2. The van der Waals surface area contributed by atoms with Crippen LogP contribution in [0.2, 0.25) is 0 Å². The van der Waals surface area contributed by atoms with Crippen LogP contribution in [0.1, 0.15) is 49.1 Å². The molecule has 2 aromatic heterocycles. The highest BCUT2D eigenvalue weighted by Crippen LogP contribution is 2.27. The molecule has 0 atom stereocenters. The maximum Gasteiger partial charge on any atom is 0.250 e. The van der Waals surface area contributed by atoms with Gasteiger partial charge in [0, 0.05) is 12.0 Å². The molecule has 0 aliphatic carbocycles. The Hall–Kier alpha value is -1.95. The second-order valence-electron chi connectivity index (χ2n) is 4.73. The predicted octanol–water partition coefficient (Wildman–Crippen LogP) is 4.00. The van der Waals surface area contributed by atoms with Gasteiger partial charge in [-0.25, -0.2) is 0 Å². The number of hydrogen-bond acceptors (Lipinski definition) is 5. The topological polar surface area (TPSA) is 68.0 Å². The lowest BCUT2D eigenvalue weighted by atomic mass is 10.1. The Bertz CT molecular complexity index is 626. The summed E-state index contributed by atoms with van der Waals surface area (Å²) in [6.07, 6.45) is 5.11. The molecule has 0 aromatic carbocycles. The van der Waals surface area contributed by atoms with E-state index in [0.717, 1.165) is 23.6 Å². The zero-order valence-corrected chi connectivity index (χ0v) is 13.2. The second-order valence-corrected chi connectivity index (χ2v) is 5.74. The number of furan rings is 1. The largest absolute Gasteiger partial charge is 0.462 e. The molecule has 0 saturated carbocycles. The van der Waals surface area contributed by atoms with Gasteiger partial charge in [0.05, 0.1) is 0 Å². The van der Waals surface area contributed by atoms with E-state index in [9.17, 15) is 4.79 Å². The van der Waals surface area contributed by atoms with Crippen LogP contribution in [0.3, 0.4) is 0 Å². The van der Waals surface area contributed by atoms with E-state index in [-0.39, 0.29) is 5.91 Å². The first-order valence-electron chi connectivity index (χ1n) is 7.01. The molecule has 2 aromatic rings. The minimum Gasteiger partial charge on any atom is -0.462 e. The van der Waals surface area contributed by atoms with Gasteiger partial charge in [0.15, 0.2) is 0 Å². The summed E-state index contributed by atoms with van der Waals surface area (Å²) in [6, 6.07) is 3.67. The predicted molar refractivity (Wildman–Crippen MR) is 84.3 cm³/mol. The van der Waals surface area contributed by atoms with E-state index in [0.29, 0.717) is 16.8 Å². The molecule has 2 rings (SSSR count). The molecule has 0 unspecified atom stereocenters. The molecule has 0 saturated heterocycles. The third-order valence-corrected chi connectivity index (χ3v) is 4.17. The molecule has 0 radical (unpaired) electrons. The van der Waals surface area contributed by atoms with Crippen LogP contribution < -0.4 is 5.32 Å². The molecule has 21 heavy (non-hydrogen) atoms. The minimum atomic E-state index is -0.240. The number of rotatable bonds is 6. The van der Waals surface area contributed by atoms with Crippen molar-refractivity contribution in [2.45, 2.75) is 39.5 Å². The van der Waals surface area contributed by atoms with Crippen LogP contribution in [0.4, 0.5) is 5.13 Å². The zero-order valence-electron chi connectivity index (χ0n) is 12.4. The minimum absolute atomic E-state index is 0.240. The Labute approximate surface area is 128 Å². The molecule has 0 aliphatic heterocycles. The smallest absolute Gasteiger partial charge is 0.250 e. The van der Waals surface area contributed by atoms with Crippen LogP contribution in [0.15, 0.2) is 22.6 Å². The van der Waals surface area contributed by atoms with Crippen LogP contribution in [-0.2, 0) is 4.79 Å². The second kappa shape index (κ2) is 7.17. The molecule has 112 valence electrons. The standard InChI is InChI=1S/C15H19N3O2S/c1-4-11(5-2)14-17-18-15(21-14)16-13(19)9-8-12-7-6-10(3)20-12/h6-9,11H,4-5H2,1-3H3,(H,16,18,19)/b9-8+. The number of anilines is 1. The fraction of sp³-hybridized carbons (Fsp3) is 0.400. The number of aromatic nitrogens is 2. The summed E-state index contributed by atoms with van der Waals surface area (Å²) in [4.78, 5) is 11.8. The molecule has 6 heteroatoms. The fourth-order valence-corrected chi connectivity index (χ4v) is 2.95. The Kier molecular flexibility index (Phi) is 5.27. The summed E-state index contributed by atoms with van der Waals surface area (Å²) in [5, 5.41) is 12.4. The lowest BCUT2D eigenvalue weighted by molar-refractivity contribution is -0.111. The van der Waals surface area contributed by atoms with Crippen molar-refractivity contribution in [3.8, 4) is 0 Å². The van der Waals surface area contributed by atoms with Gasteiger partial charge in [-0.15, -0.1) is 10.2 Å². The van der Waals surface area contributed by atoms with Crippen LogP contribution in [0.5, 0.6) is 0 Å². The number of hydrogen-bond donors (Lipinski definition) is 1. The molecule has 0 aliphatic rings. The Morgan fingerprint density at radius 3 is 2.76 bits per heavy atom. The molecular weight excluding hydrogens is 286 g/mol. The van der Waals surface area contributed by atoms with Crippen LogP contribution in [0.25, 0.3) is 6.08 Å². The van der Waals surface area contributed by atoms with Gasteiger partial charge in [-0.3, -0.25) is 10.1 Å². The maximum absolute atomic E-state index is 11.8. The lowest BCUT2D eigenvalue weighted by Crippen LogP contribution is -2.07. The summed E-state index contributed by atoms with van der Waals surface area (Å²) < 4.78 is 5.36.